The molecule has 1 amide bonds. The number of carbonyl (C=O) groups is 1. The van der Waals surface area contributed by atoms with Crippen LogP contribution >= 0.6 is 11.6 Å². The van der Waals surface area contributed by atoms with Crippen LogP contribution in [-0.2, 0) is 15.4 Å². The van der Waals surface area contributed by atoms with Gasteiger partial charge in [0.1, 0.15) is 11.4 Å². The summed E-state index contributed by atoms with van der Waals surface area (Å²) < 4.78 is 54.2. The fraction of sp³-hybridized carbons (Fsp3) is 0.333. The maximum atomic E-state index is 13.8. The summed E-state index contributed by atoms with van der Waals surface area (Å²) in [5.74, 6) is -3.04. The number of fused-ring (bicyclic) bond motifs is 2. The lowest BCUT2D eigenvalue weighted by Crippen LogP contribution is -2.45. The SMILES string of the molecule is O=C(Nc1ccc(F)c(F)c1)c1ccc(Cl)c(S(=O)(=O)C2C3CC[C@H]2CC(O)(c2ncc[nH]2)C3)c1. The summed E-state index contributed by atoms with van der Waals surface area (Å²) in [7, 11) is -3.95. The van der Waals surface area contributed by atoms with Gasteiger partial charge in [-0.05, 0) is 67.9 Å². The van der Waals surface area contributed by atoms with Gasteiger partial charge in [0.15, 0.2) is 21.5 Å². The first-order chi connectivity index (χ1) is 16.6. The molecule has 1 aromatic heterocycles. The number of nitrogens with zero attached hydrogens (tertiary/aromatic N) is 1. The topological polar surface area (TPSA) is 112 Å². The van der Waals surface area contributed by atoms with Gasteiger partial charge in [-0.2, -0.15) is 0 Å². The maximum Gasteiger partial charge on any atom is 0.255 e. The Labute approximate surface area is 205 Å². The van der Waals surface area contributed by atoms with Crippen molar-refractivity contribution in [2.45, 2.75) is 41.4 Å². The fourth-order valence-corrected chi connectivity index (χ4v) is 8.38. The van der Waals surface area contributed by atoms with Gasteiger partial charge in [-0.25, -0.2) is 22.2 Å². The fourth-order valence-electron chi connectivity index (χ4n) is 5.54. The molecule has 2 fully saturated rings. The molecule has 5 rings (SSSR count). The highest BCUT2D eigenvalue weighted by atomic mass is 35.5. The first-order valence-corrected chi connectivity index (χ1v) is 13.0. The van der Waals surface area contributed by atoms with Crippen LogP contribution < -0.4 is 5.32 Å². The van der Waals surface area contributed by atoms with Gasteiger partial charge in [-0.15, -0.1) is 0 Å². The molecule has 0 aliphatic heterocycles. The van der Waals surface area contributed by atoms with E-state index in [1.807, 2.05) is 0 Å². The van der Waals surface area contributed by atoms with Crippen molar-refractivity contribution < 1.29 is 27.1 Å². The first kappa shape index (κ1) is 23.9. The van der Waals surface area contributed by atoms with Crippen molar-refractivity contribution in [1.82, 2.24) is 9.97 Å². The molecule has 2 aliphatic rings. The molecule has 184 valence electrons. The average molecular weight is 522 g/mol. The van der Waals surface area contributed by atoms with Gasteiger partial charge in [-0.1, -0.05) is 11.6 Å². The standard InChI is InChI=1S/C24H22ClF2N3O4S/c25-17-5-3-13(22(31)30-16-4-6-18(26)19(27)10-16)9-20(17)35(33,34)21-14-1-2-15(21)12-24(32,11-14)23-28-7-8-29-23/h3-10,14-15,21,32H,1-2,11-12H2,(H,28,29)(H,30,31)/t14-,15?,21?,24?/m0/s1. The van der Waals surface area contributed by atoms with Gasteiger partial charge < -0.3 is 15.4 Å². The largest absolute Gasteiger partial charge is 0.382 e. The Balaban J connectivity index is 1.42. The van der Waals surface area contributed by atoms with Crippen LogP contribution in [0.5, 0.6) is 0 Å². The Morgan fingerprint density at radius 2 is 1.83 bits per heavy atom. The lowest BCUT2D eigenvalue weighted by atomic mass is 9.76. The molecule has 2 aliphatic carbocycles. The van der Waals surface area contributed by atoms with E-state index in [1.165, 1.54) is 24.3 Å². The van der Waals surface area contributed by atoms with Crippen LogP contribution in [0.1, 0.15) is 41.9 Å². The molecule has 7 nitrogen and oxygen atoms in total. The third-order valence-electron chi connectivity index (χ3n) is 7.01. The molecule has 11 heteroatoms. The van der Waals surface area contributed by atoms with Crippen LogP contribution in [0.4, 0.5) is 14.5 Å². The van der Waals surface area contributed by atoms with Gasteiger partial charge in [0.25, 0.3) is 5.91 Å². The highest BCUT2D eigenvalue weighted by Crippen LogP contribution is 2.53. The number of imidazole rings is 1. The summed E-state index contributed by atoms with van der Waals surface area (Å²) in [6.45, 7) is 0. The van der Waals surface area contributed by atoms with Crippen molar-refractivity contribution in [3.63, 3.8) is 0 Å². The third-order valence-corrected chi connectivity index (χ3v) is 9.89. The normalized spacial score (nSPS) is 26.0. The summed E-state index contributed by atoms with van der Waals surface area (Å²) >= 11 is 6.29. The van der Waals surface area contributed by atoms with Crippen LogP contribution in [0, 0.1) is 23.5 Å². The molecular weight excluding hydrogens is 500 g/mol. The molecule has 0 spiro atoms. The number of carbonyl (C=O) groups excluding carboxylic acids is 1. The number of aromatic nitrogens is 2. The zero-order valence-electron chi connectivity index (χ0n) is 18.3. The minimum atomic E-state index is -3.95. The second kappa shape index (κ2) is 8.69. The summed E-state index contributed by atoms with van der Waals surface area (Å²) in [4.78, 5) is 19.7. The lowest BCUT2D eigenvalue weighted by Gasteiger charge is -2.39. The number of H-pyrrole nitrogens is 1. The average Bonchev–Trinajstić information content (AvgIpc) is 3.45. The quantitative estimate of drug-likeness (QED) is 0.459. The number of anilines is 1. The number of sulfone groups is 1. The summed E-state index contributed by atoms with van der Waals surface area (Å²) in [5.41, 5.74) is -1.19. The lowest BCUT2D eigenvalue weighted by molar-refractivity contribution is -0.0310. The van der Waals surface area contributed by atoms with E-state index in [4.69, 9.17) is 11.6 Å². The van der Waals surface area contributed by atoms with Crippen LogP contribution in [0.25, 0.3) is 0 Å². The summed E-state index contributed by atoms with van der Waals surface area (Å²) in [6.07, 6.45) is 4.95. The minimum absolute atomic E-state index is 0.00737. The molecule has 2 bridgehead atoms. The van der Waals surface area contributed by atoms with Gasteiger partial charge in [-0.3, -0.25) is 4.79 Å². The molecule has 3 unspecified atom stereocenters. The van der Waals surface area contributed by atoms with Crippen LogP contribution in [0.3, 0.4) is 0 Å². The predicted octanol–water partition coefficient (Wildman–Crippen LogP) is 4.44. The Morgan fingerprint density at radius 3 is 2.46 bits per heavy atom. The molecule has 3 N–H and O–H groups in total. The number of benzene rings is 2. The highest BCUT2D eigenvalue weighted by molar-refractivity contribution is 7.92. The number of amides is 1. The molecular formula is C24H22ClF2N3O4S. The zero-order chi connectivity index (χ0) is 25.0. The molecule has 2 saturated carbocycles. The van der Waals surface area contributed by atoms with E-state index in [1.54, 1.807) is 12.4 Å². The number of aliphatic hydroxyl groups is 1. The summed E-state index contributed by atoms with van der Waals surface area (Å²) in [6, 6.07) is 6.82. The van der Waals surface area contributed by atoms with E-state index in [0.717, 1.165) is 12.1 Å². The Bertz CT molecular complexity index is 1380. The second-order valence-electron chi connectivity index (χ2n) is 9.21. The van der Waals surface area contributed by atoms with Crippen molar-refractivity contribution in [3.8, 4) is 0 Å². The van der Waals surface area contributed by atoms with E-state index in [2.05, 4.69) is 15.3 Å². The smallest absolute Gasteiger partial charge is 0.255 e. The van der Waals surface area contributed by atoms with E-state index in [0.29, 0.717) is 18.7 Å². The molecule has 1 heterocycles. The van der Waals surface area contributed by atoms with Crippen molar-refractivity contribution in [3.05, 3.63) is 76.8 Å². The zero-order valence-corrected chi connectivity index (χ0v) is 19.9. The van der Waals surface area contributed by atoms with Crippen molar-refractivity contribution in [1.29, 1.82) is 0 Å². The number of hydrogen-bond donors (Lipinski definition) is 3. The first-order valence-electron chi connectivity index (χ1n) is 11.1. The van der Waals surface area contributed by atoms with Gasteiger partial charge in [0.05, 0.1) is 15.2 Å². The van der Waals surface area contributed by atoms with Crippen molar-refractivity contribution in [2.24, 2.45) is 11.8 Å². The van der Waals surface area contributed by atoms with Gasteiger partial charge >= 0.3 is 0 Å². The van der Waals surface area contributed by atoms with Crippen LogP contribution in [0.15, 0.2) is 53.7 Å². The predicted molar refractivity (Wildman–Crippen MR) is 125 cm³/mol. The minimum Gasteiger partial charge on any atom is -0.382 e. The number of aromatic amines is 1. The maximum absolute atomic E-state index is 13.8. The number of halogens is 3. The van der Waals surface area contributed by atoms with Crippen LogP contribution in [-0.4, -0.2) is 34.6 Å². The van der Waals surface area contributed by atoms with E-state index in [9.17, 15) is 27.1 Å². The van der Waals surface area contributed by atoms with E-state index < -0.39 is 38.2 Å². The van der Waals surface area contributed by atoms with Crippen molar-refractivity contribution >= 4 is 33.0 Å². The van der Waals surface area contributed by atoms with E-state index >= 15 is 0 Å². The number of hydrogen-bond acceptors (Lipinski definition) is 5. The molecule has 0 saturated heterocycles. The van der Waals surface area contributed by atoms with Gasteiger partial charge in [0.2, 0.25) is 0 Å². The number of nitrogens with one attached hydrogen (secondary N) is 2. The van der Waals surface area contributed by atoms with E-state index in [-0.39, 0.29) is 45.8 Å². The Hall–Kier alpha value is -2.82. The highest BCUT2D eigenvalue weighted by Gasteiger charge is 2.55. The van der Waals surface area contributed by atoms with Crippen LogP contribution in [0.2, 0.25) is 5.02 Å². The molecule has 35 heavy (non-hydrogen) atoms. The molecule has 0 radical (unpaired) electrons. The van der Waals surface area contributed by atoms with Crippen molar-refractivity contribution in [2.75, 3.05) is 5.32 Å². The molecule has 3 aromatic rings. The summed E-state index contributed by atoms with van der Waals surface area (Å²) in [5, 5.41) is 12.9. The Morgan fingerprint density at radius 1 is 1.11 bits per heavy atom. The number of rotatable bonds is 5. The van der Waals surface area contributed by atoms with Gasteiger partial charge in [0, 0.05) is 29.7 Å². The monoisotopic (exact) mass is 521 g/mol. The molecule has 4 atom stereocenters. The second-order valence-corrected chi connectivity index (χ2v) is 11.7. The molecule has 2 aromatic carbocycles. The third kappa shape index (κ3) is 4.23. The Kier molecular flexibility index (Phi) is 5.93.